The summed E-state index contributed by atoms with van der Waals surface area (Å²) >= 11 is 5.86. The molecule has 0 spiro atoms. The molecule has 2 aliphatic rings. The second-order valence-electron chi connectivity index (χ2n) is 7.79. The Kier molecular flexibility index (Phi) is 3.38. The van der Waals surface area contributed by atoms with Gasteiger partial charge in [0.1, 0.15) is 4.99 Å². The Morgan fingerprint density at radius 3 is 2.47 bits per heavy atom. The standard InChI is InChI=1S/C16H27NSSi/c1-12-11-13(19(6,7)15(2,3)4)14(18)17-10-8-9-16(12,17)5/h11H,1,8-10H2,2-7H3. The maximum Gasteiger partial charge on any atom is 0.101 e. The molecule has 19 heavy (non-hydrogen) atoms. The first-order valence-corrected chi connectivity index (χ1v) is 10.7. The van der Waals surface area contributed by atoms with Crippen LogP contribution in [0, 0.1) is 0 Å². The van der Waals surface area contributed by atoms with Gasteiger partial charge in [-0.1, -0.05) is 58.7 Å². The predicted octanol–water partition coefficient (Wildman–Crippen LogP) is 4.71. The van der Waals surface area contributed by atoms with Crippen LogP contribution in [0.3, 0.4) is 0 Å². The third kappa shape index (κ3) is 2.06. The molecule has 2 rings (SSSR count). The molecule has 1 unspecified atom stereocenters. The fourth-order valence-corrected chi connectivity index (χ4v) is 6.14. The van der Waals surface area contributed by atoms with Gasteiger partial charge in [-0.05, 0) is 35.6 Å². The topological polar surface area (TPSA) is 3.24 Å². The van der Waals surface area contributed by atoms with Gasteiger partial charge in [-0.2, -0.15) is 0 Å². The van der Waals surface area contributed by atoms with Crippen LogP contribution in [0.2, 0.25) is 18.1 Å². The predicted molar refractivity (Wildman–Crippen MR) is 91.4 cm³/mol. The lowest BCUT2D eigenvalue weighted by molar-refractivity contribution is 0.310. The van der Waals surface area contributed by atoms with E-state index < -0.39 is 8.07 Å². The third-order valence-electron chi connectivity index (χ3n) is 5.68. The van der Waals surface area contributed by atoms with E-state index in [1.54, 1.807) is 0 Å². The van der Waals surface area contributed by atoms with E-state index in [1.165, 1.54) is 23.6 Å². The van der Waals surface area contributed by atoms with Gasteiger partial charge in [0.05, 0.1) is 13.6 Å². The average molecular weight is 294 g/mol. The van der Waals surface area contributed by atoms with Crippen molar-refractivity contribution in [3.8, 4) is 0 Å². The Morgan fingerprint density at radius 1 is 1.37 bits per heavy atom. The van der Waals surface area contributed by atoms with Crippen molar-refractivity contribution in [3.05, 3.63) is 23.4 Å². The van der Waals surface area contributed by atoms with Crippen LogP contribution in [0.5, 0.6) is 0 Å². The van der Waals surface area contributed by atoms with Crippen LogP contribution in [0.1, 0.15) is 40.5 Å². The van der Waals surface area contributed by atoms with Gasteiger partial charge < -0.3 is 4.90 Å². The van der Waals surface area contributed by atoms with Crippen LogP contribution in [-0.2, 0) is 0 Å². The van der Waals surface area contributed by atoms with Gasteiger partial charge in [-0.15, -0.1) is 0 Å². The Balaban J connectivity index is 2.50. The summed E-state index contributed by atoms with van der Waals surface area (Å²) in [5, 5.41) is 1.75. The Morgan fingerprint density at radius 2 is 1.95 bits per heavy atom. The Hall–Kier alpha value is -0.413. The lowest BCUT2D eigenvalue weighted by Crippen LogP contribution is -2.54. The minimum absolute atomic E-state index is 0.0863. The van der Waals surface area contributed by atoms with Crippen molar-refractivity contribution in [1.29, 1.82) is 0 Å². The molecule has 0 radical (unpaired) electrons. The molecule has 0 amide bonds. The highest BCUT2D eigenvalue weighted by Crippen LogP contribution is 2.47. The molecule has 0 aromatic carbocycles. The summed E-state index contributed by atoms with van der Waals surface area (Å²) in [7, 11) is -1.58. The zero-order valence-corrected chi connectivity index (χ0v) is 15.1. The maximum atomic E-state index is 5.86. The van der Waals surface area contributed by atoms with Gasteiger partial charge in [0, 0.05) is 6.54 Å². The summed E-state index contributed by atoms with van der Waals surface area (Å²) in [5.74, 6) is 0. The van der Waals surface area contributed by atoms with E-state index >= 15 is 0 Å². The zero-order valence-electron chi connectivity index (χ0n) is 13.3. The molecular formula is C16H27NSSi. The van der Waals surface area contributed by atoms with E-state index in [0.717, 1.165) is 11.5 Å². The average Bonchev–Trinajstić information content (AvgIpc) is 2.66. The molecule has 0 saturated carbocycles. The van der Waals surface area contributed by atoms with Crippen molar-refractivity contribution < 1.29 is 0 Å². The Labute approximate surface area is 124 Å². The van der Waals surface area contributed by atoms with E-state index in [4.69, 9.17) is 12.2 Å². The quantitative estimate of drug-likeness (QED) is 0.509. The molecule has 106 valence electrons. The van der Waals surface area contributed by atoms with E-state index in [0.29, 0.717) is 5.04 Å². The molecule has 0 aromatic rings. The number of hydrogen-bond donors (Lipinski definition) is 0. The van der Waals surface area contributed by atoms with E-state index in [1.807, 2.05) is 0 Å². The van der Waals surface area contributed by atoms with Crippen LogP contribution in [0.25, 0.3) is 0 Å². The van der Waals surface area contributed by atoms with Gasteiger partial charge in [0.15, 0.2) is 0 Å². The molecule has 1 fully saturated rings. The first kappa shape index (κ1) is 15.0. The van der Waals surface area contributed by atoms with Gasteiger partial charge in [0.2, 0.25) is 0 Å². The van der Waals surface area contributed by atoms with Crippen molar-refractivity contribution in [1.82, 2.24) is 4.90 Å². The van der Waals surface area contributed by atoms with Crippen LogP contribution < -0.4 is 0 Å². The van der Waals surface area contributed by atoms with Crippen LogP contribution in [-0.4, -0.2) is 30.0 Å². The van der Waals surface area contributed by atoms with E-state index in [2.05, 4.69) is 58.3 Å². The molecular weight excluding hydrogens is 266 g/mol. The normalized spacial score (nSPS) is 28.5. The lowest BCUT2D eigenvalue weighted by atomic mass is 9.87. The number of hydrogen-bond acceptors (Lipinski definition) is 1. The van der Waals surface area contributed by atoms with Crippen molar-refractivity contribution in [2.75, 3.05) is 6.54 Å². The summed E-state index contributed by atoms with van der Waals surface area (Å²) in [6.45, 7) is 19.7. The second kappa shape index (κ2) is 4.29. The number of thiocarbonyl (C=S) groups is 1. The molecule has 0 aromatic heterocycles. The molecule has 0 aliphatic carbocycles. The highest BCUT2D eigenvalue weighted by atomic mass is 32.1. The summed E-state index contributed by atoms with van der Waals surface area (Å²) in [4.78, 5) is 3.56. The summed E-state index contributed by atoms with van der Waals surface area (Å²) < 4.78 is 0. The molecule has 1 nitrogen and oxygen atoms in total. The highest BCUT2D eigenvalue weighted by Gasteiger charge is 2.49. The minimum Gasteiger partial charge on any atom is -0.353 e. The van der Waals surface area contributed by atoms with Gasteiger partial charge in [-0.3, -0.25) is 0 Å². The van der Waals surface area contributed by atoms with Crippen LogP contribution in [0.4, 0.5) is 0 Å². The fourth-order valence-electron chi connectivity index (χ4n) is 3.01. The third-order valence-corrected chi connectivity index (χ3v) is 11.8. The molecule has 0 bridgehead atoms. The second-order valence-corrected chi connectivity index (χ2v) is 13.5. The molecule has 2 heterocycles. The summed E-state index contributed by atoms with van der Waals surface area (Å²) in [5.41, 5.74) is 1.35. The zero-order chi connectivity index (χ0) is 14.6. The SMILES string of the molecule is C=C1C=C([Si](C)(C)C(C)(C)C)C(=S)N2CCCC12C. The summed E-state index contributed by atoms with van der Waals surface area (Å²) in [6.07, 6.45) is 4.75. The lowest BCUT2D eigenvalue weighted by Gasteiger charge is -2.48. The first-order valence-electron chi connectivity index (χ1n) is 7.25. The van der Waals surface area contributed by atoms with Crippen LogP contribution >= 0.6 is 12.2 Å². The molecule has 2 aliphatic heterocycles. The molecule has 1 atom stereocenters. The molecule has 1 saturated heterocycles. The number of fused-ring (bicyclic) bond motifs is 1. The van der Waals surface area contributed by atoms with Crippen molar-refractivity contribution >= 4 is 25.3 Å². The smallest absolute Gasteiger partial charge is 0.101 e. The number of nitrogens with zero attached hydrogens (tertiary/aromatic N) is 1. The monoisotopic (exact) mass is 293 g/mol. The van der Waals surface area contributed by atoms with Gasteiger partial charge in [0.25, 0.3) is 0 Å². The number of rotatable bonds is 1. The largest absolute Gasteiger partial charge is 0.353 e. The van der Waals surface area contributed by atoms with Gasteiger partial charge in [-0.25, -0.2) is 0 Å². The summed E-state index contributed by atoms with van der Waals surface area (Å²) in [6, 6.07) is 0. The maximum absolute atomic E-state index is 5.86. The van der Waals surface area contributed by atoms with Crippen molar-refractivity contribution in [2.45, 2.75) is 64.2 Å². The highest BCUT2D eigenvalue weighted by molar-refractivity contribution is 7.81. The van der Waals surface area contributed by atoms with Gasteiger partial charge >= 0.3 is 0 Å². The molecule has 3 heteroatoms. The van der Waals surface area contributed by atoms with E-state index in [-0.39, 0.29) is 5.54 Å². The Bertz CT molecular complexity index is 470. The first-order chi connectivity index (χ1) is 8.52. The van der Waals surface area contributed by atoms with Crippen LogP contribution in [0.15, 0.2) is 23.4 Å². The van der Waals surface area contributed by atoms with Crippen molar-refractivity contribution in [3.63, 3.8) is 0 Å². The fraction of sp³-hybridized carbons (Fsp3) is 0.688. The van der Waals surface area contributed by atoms with E-state index in [9.17, 15) is 0 Å². The minimum atomic E-state index is -1.58. The molecule has 0 N–H and O–H groups in total. The van der Waals surface area contributed by atoms with Crippen molar-refractivity contribution in [2.24, 2.45) is 0 Å².